The first kappa shape index (κ1) is 7.83. The molecule has 0 amide bonds. The average molecular weight is 239 g/mol. The first-order valence-corrected chi connectivity index (χ1v) is 7.23. The van der Waals surface area contributed by atoms with E-state index >= 15 is 0 Å². The minimum absolute atomic E-state index is 0.546. The molecule has 0 spiro atoms. The summed E-state index contributed by atoms with van der Waals surface area (Å²) in [5, 5.41) is 0. The van der Waals surface area contributed by atoms with E-state index in [0.29, 0.717) is 21.2 Å². The molecule has 2 atom stereocenters. The van der Waals surface area contributed by atoms with Crippen molar-refractivity contribution in [3.05, 3.63) is 0 Å². The van der Waals surface area contributed by atoms with Crippen LogP contribution in [-0.4, -0.2) is 8.86 Å². The van der Waals surface area contributed by atoms with Gasteiger partial charge in [0.15, 0.2) is 0 Å². The quantitative estimate of drug-likeness (QED) is 0.418. The fourth-order valence-corrected chi connectivity index (χ4v) is 4.25. The summed E-state index contributed by atoms with van der Waals surface area (Å²) in [7, 11) is 0. The van der Waals surface area contributed by atoms with Gasteiger partial charge in [-0.05, 0) is 0 Å². The zero-order chi connectivity index (χ0) is 6.69. The number of hydrogen-bond acceptors (Lipinski definition) is 0. The average Bonchev–Trinajstić information content (AvgIpc) is 1.89. The topological polar surface area (TPSA) is 0 Å². The molecule has 1 aliphatic carbocycles. The van der Waals surface area contributed by atoms with Crippen LogP contribution in [0.15, 0.2) is 0 Å². The third kappa shape index (κ3) is 2.10. The van der Waals surface area contributed by atoms with Crippen LogP contribution in [0.25, 0.3) is 0 Å². The molecule has 0 aromatic carbocycles. The van der Waals surface area contributed by atoms with E-state index in [4.69, 9.17) is 0 Å². The van der Waals surface area contributed by atoms with Crippen molar-refractivity contribution in [2.75, 3.05) is 4.93 Å². The molecule has 1 fully saturated rings. The monoisotopic (exact) mass is 239 g/mol. The molecule has 9 heavy (non-hydrogen) atoms. The molecule has 1 saturated carbocycles. The molecule has 0 bridgehead atoms. The Bertz CT molecular complexity index is 80.6. The van der Waals surface area contributed by atoms with Gasteiger partial charge >= 0.3 is 68.6 Å². The van der Waals surface area contributed by atoms with Crippen molar-refractivity contribution in [3.8, 4) is 0 Å². The van der Waals surface area contributed by atoms with E-state index in [0.717, 1.165) is 9.84 Å². The second kappa shape index (κ2) is 3.79. The summed E-state index contributed by atoms with van der Waals surface area (Å²) in [6.07, 6.45) is 6.08. The number of rotatable bonds is 1. The van der Waals surface area contributed by atoms with Gasteiger partial charge in [-0.2, -0.15) is 0 Å². The summed E-state index contributed by atoms with van der Waals surface area (Å²) >= 11 is 0.546. The van der Waals surface area contributed by atoms with E-state index in [1.807, 2.05) is 0 Å². The van der Waals surface area contributed by atoms with Crippen molar-refractivity contribution in [2.45, 2.75) is 36.5 Å². The first-order valence-electron chi connectivity index (χ1n) is 3.82. The summed E-state index contributed by atoms with van der Waals surface area (Å²) in [4.78, 5) is 2.44. The molecule has 1 rings (SSSR count). The van der Waals surface area contributed by atoms with Crippen LogP contribution >= 0.6 is 0 Å². The van der Waals surface area contributed by atoms with E-state index < -0.39 is 0 Å². The van der Waals surface area contributed by atoms with Gasteiger partial charge in [-0.25, -0.2) is 0 Å². The predicted molar refractivity (Wildman–Crippen MR) is 37.3 cm³/mol. The molecule has 0 nitrogen and oxygen atoms in total. The summed E-state index contributed by atoms with van der Waals surface area (Å²) in [5.41, 5.74) is 0. The normalized spacial score (nSPS) is 37.1. The number of halogens is 1. The van der Waals surface area contributed by atoms with Crippen molar-refractivity contribution in [1.82, 2.24) is 0 Å². The molecule has 0 radical (unpaired) electrons. The van der Waals surface area contributed by atoms with Crippen molar-refractivity contribution in [2.24, 2.45) is 5.92 Å². The van der Waals surface area contributed by atoms with Crippen LogP contribution in [0.3, 0.4) is 0 Å². The molecule has 1 aliphatic rings. The Kier molecular flexibility index (Phi) is 3.30. The van der Waals surface area contributed by atoms with Crippen molar-refractivity contribution >= 4 is 0 Å². The molecule has 0 N–H and O–H groups in total. The Balaban J connectivity index is 2.30. The first-order chi connectivity index (χ1) is 4.34. The Morgan fingerprint density at radius 2 is 1.89 bits per heavy atom. The molecule has 0 aliphatic heterocycles. The fourth-order valence-electron chi connectivity index (χ4n) is 1.60. The van der Waals surface area contributed by atoms with Crippen LogP contribution < -0.4 is 21.2 Å². The van der Waals surface area contributed by atoms with Crippen LogP contribution in [0.4, 0.5) is 0 Å². The van der Waals surface area contributed by atoms with E-state index in [2.05, 4.69) is 11.9 Å². The summed E-state index contributed by atoms with van der Waals surface area (Å²) in [6.45, 7) is 2.44. The van der Waals surface area contributed by atoms with Crippen molar-refractivity contribution in [1.29, 1.82) is 0 Å². The van der Waals surface area contributed by atoms with Gasteiger partial charge in [0, 0.05) is 0 Å². The van der Waals surface area contributed by atoms with Crippen molar-refractivity contribution < 1.29 is 21.2 Å². The van der Waals surface area contributed by atoms with Crippen LogP contribution in [0, 0.1) is 5.92 Å². The van der Waals surface area contributed by atoms with Crippen LogP contribution in [-0.2, 0) is 0 Å². The predicted octanol–water partition coefficient (Wildman–Crippen LogP) is -0.716. The maximum atomic E-state index is 2.44. The zero-order valence-electron chi connectivity index (χ0n) is 6.36. The van der Waals surface area contributed by atoms with Crippen LogP contribution in [0.2, 0.25) is 0 Å². The maximum absolute atomic E-state index is 2.44. The molecule has 0 heterocycles. The molecule has 1 heteroatoms. The van der Waals surface area contributed by atoms with E-state index in [9.17, 15) is 0 Å². The van der Waals surface area contributed by atoms with Gasteiger partial charge in [0.1, 0.15) is 0 Å². The van der Waals surface area contributed by atoms with E-state index in [1.54, 1.807) is 6.42 Å². The van der Waals surface area contributed by atoms with Gasteiger partial charge in [0.05, 0.1) is 0 Å². The molecule has 56 valence electrons. The van der Waals surface area contributed by atoms with Gasteiger partial charge in [-0.1, -0.05) is 0 Å². The summed E-state index contributed by atoms with van der Waals surface area (Å²) in [6, 6.07) is 0. The Morgan fingerprint density at radius 1 is 1.22 bits per heavy atom. The molecule has 2 unspecified atom stereocenters. The molecular formula is C8H16I-. The van der Waals surface area contributed by atoms with Crippen LogP contribution in [0.1, 0.15) is 32.6 Å². The Morgan fingerprint density at radius 3 is 2.33 bits per heavy atom. The molecule has 0 aromatic heterocycles. The number of hydrogen-bond donors (Lipinski definition) is 0. The summed E-state index contributed by atoms with van der Waals surface area (Å²) < 4.78 is 1.16. The van der Waals surface area contributed by atoms with Gasteiger partial charge in [-0.15, -0.1) is 0 Å². The van der Waals surface area contributed by atoms with E-state index in [1.165, 1.54) is 19.3 Å². The van der Waals surface area contributed by atoms with Gasteiger partial charge < -0.3 is 0 Å². The second-order valence-electron chi connectivity index (χ2n) is 3.00. The van der Waals surface area contributed by atoms with Crippen LogP contribution in [0.5, 0.6) is 0 Å². The summed E-state index contributed by atoms with van der Waals surface area (Å²) in [5.74, 6) is 1.07. The second-order valence-corrected chi connectivity index (χ2v) is 5.84. The molecule has 0 aromatic rings. The van der Waals surface area contributed by atoms with Gasteiger partial charge in [0.2, 0.25) is 0 Å². The standard InChI is InChI=1S/C8H16I/c1-7-5-3-4-6-8(7)9-2/h7-8H,3-6H2,1-2H3/q-1. The number of alkyl halides is 2. The van der Waals surface area contributed by atoms with Gasteiger partial charge in [-0.3, -0.25) is 0 Å². The zero-order valence-corrected chi connectivity index (χ0v) is 8.52. The third-order valence-electron chi connectivity index (χ3n) is 2.29. The third-order valence-corrected chi connectivity index (χ3v) is 5.74. The van der Waals surface area contributed by atoms with Gasteiger partial charge in [0.25, 0.3) is 0 Å². The Labute approximate surface area is 68.7 Å². The minimum atomic E-state index is 0.546. The SMILES string of the molecule is C[I-]C1CCCCC1C. The Hall–Kier alpha value is 0.730. The van der Waals surface area contributed by atoms with Crippen molar-refractivity contribution in [3.63, 3.8) is 0 Å². The molecule has 0 saturated heterocycles. The van der Waals surface area contributed by atoms with E-state index in [-0.39, 0.29) is 0 Å². The fraction of sp³-hybridized carbons (Fsp3) is 1.00. The molecular weight excluding hydrogens is 223 g/mol.